The average Bonchev–Trinajstić information content (AvgIpc) is 3.06. The molecule has 0 saturated heterocycles. The summed E-state index contributed by atoms with van der Waals surface area (Å²) in [4.78, 5) is 2.98. The third kappa shape index (κ3) is 2.34. The van der Waals surface area contributed by atoms with Crippen molar-refractivity contribution in [3.63, 3.8) is 0 Å². The summed E-state index contributed by atoms with van der Waals surface area (Å²) in [6, 6.07) is 11.4. The van der Waals surface area contributed by atoms with Crippen LogP contribution < -0.4 is 5.73 Å². The molecular formula is C20H24N2S. The van der Waals surface area contributed by atoms with Crippen molar-refractivity contribution in [2.24, 2.45) is 18.7 Å². The van der Waals surface area contributed by atoms with Crippen LogP contribution in [0.5, 0.6) is 0 Å². The number of rotatable bonds is 3. The van der Waals surface area contributed by atoms with Crippen molar-refractivity contribution in [1.82, 2.24) is 4.57 Å². The summed E-state index contributed by atoms with van der Waals surface area (Å²) >= 11 is 1.97. The summed E-state index contributed by atoms with van der Waals surface area (Å²) in [7, 11) is 2.20. The van der Waals surface area contributed by atoms with Crippen molar-refractivity contribution in [1.29, 1.82) is 0 Å². The first-order valence-corrected chi connectivity index (χ1v) is 9.31. The summed E-state index contributed by atoms with van der Waals surface area (Å²) in [5.74, 6) is 0.530. The van der Waals surface area contributed by atoms with Gasteiger partial charge in [-0.05, 0) is 42.9 Å². The Morgan fingerprint density at radius 1 is 1.22 bits per heavy atom. The van der Waals surface area contributed by atoms with Gasteiger partial charge >= 0.3 is 0 Å². The van der Waals surface area contributed by atoms with Crippen LogP contribution in [0.1, 0.15) is 29.2 Å². The molecule has 0 bridgehead atoms. The van der Waals surface area contributed by atoms with E-state index in [-0.39, 0.29) is 6.04 Å². The van der Waals surface area contributed by atoms with Crippen molar-refractivity contribution >= 4 is 22.2 Å². The maximum absolute atomic E-state index is 6.29. The van der Waals surface area contributed by atoms with Gasteiger partial charge < -0.3 is 10.3 Å². The van der Waals surface area contributed by atoms with E-state index in [9.17, 15) is 0 Å². The Morgan fingerprint density at radius 2 is 2.00 bits per heavy atom. The number of thiophene rings is 1. The zero-order valence-electron chi connectivity index (χ0n) is 14.1. The second kappa shape index (κ2) is 5.50. The predicted octanol–water partition coefficient (Wildman–Crippen LogP) is 4.53. The fourth-order valence-electron chi connectivity index (χ4n) is 3.75. The van der Waals surface area contributed by atoms with Crippen molar-refractivity contribution in [2.45, 2.75) is 39.2 Å². The molecule has 0 radical (unpaired) electrons. The van der Waals surface area contributed by atoms with E-state index in [0.717, 1.165) is 19.3 Å². The topological polar surface area (TPSA) is 30.9 Å². The number of aryl methyl sites for hydroxylation is 3. The minimum atomic E-state index is 0.252. The Labute approximate surface area is 141 Å². The van der Waals surface area contributed by atoms with Gasteiger partial charge in [0.25, 0.3) is 0 Å². The third-order valence-corrected chi connectivity index (χ3v) is 6.44. The molecule has 120 valence electrons. The van der Waals surface area contributed by atoms with Crippen LogP contribution in [-0.4, -0.2) is 10.6 Å². The fraction of sp³-hybridized carbons (Fsp3) is 0.400. The molecule has 1 aliphatic carbocycles. The summed E-state index contributed by atoms with van der Waals surface area (Å²) in [5.41, 5.74) is 12.0. The van der Waals surface area contributed by atoms with Crippen LogP contribution in [0.2, 0.25) is 0 Å². The van der Waals surface area contributed by atoms with Crippen LogP contribution >= 0.6 is 11.3 Å². The highest BCUT2D eigenvalue weighted by atomic mass is 32.1. The summed E-state index contributed by atoms with van der Waals surface area (Å²) < 4.78 is 2.38. The number of para-hydroxylation sites is 1. The molecule has 3 heteroatoms. The molecule has 3 aromatic rings. The standard InChI is InChI=1S/C20H24N2S/c1-12(2)17(21)11-13-10-16-19(23-13)9-8-15-14-6-4-5-7-18(14)22(3)20(15)16/h4-7,10,12,17H,8-9,11,21H2,1-3H3. The molecule has 2 nitrogen and oxygen atoms in total. The summed E-state index contributed by atoms with van der Waals surface area (Å²) in [6.07, 6.45) is 3.31. The van der Waals surface area contributed by atoms with Crippen molar-refractivity contribution in [2.75, 3.05) is 0 Å². The van der Waals surface area contributed by atoms with E-state index in [1.54, 1.807) is 0 Å². The number of nitrogens with zero attached hydrogens (tertiary/aromatic N) is 1. The molecular weight excluding hydrogens is 300 g/mol. The molecule has 2 N–H and O–H groups in total. The van der Waals surface area contributed by atoms with Gasteiger partial charge in [-0.2, -0.15) is 0 Å². The van der Waals surface area contributed by atoms with Gasteiger partial charge in [0.1, 0.15) is 0 Å². The summed E-state index contributed by atoms with van der Waals surface area (Å²) in [5, 5.41) is 1.42. The SMILES string of the molecule is CC(C)C(N)Cc1cc2c(s1)CCc1c-2n(C)c2ccccc12. The molecule has 1 atom stereocenters. The van der Waals surface area contributed by atoms with E-state index in [0.29, 0.717) is 5.92 Å². The van der Waals surface area contributed by atoms with Crippen molar-refractivity contribution < 1.29 is 0 Å². The van der Waals surface area contributed by atoms with Gasteiger partial charge in [0.2, 0.25) is 0 Å². The molecule has 4 rings (SSSR count). The van der Waals surface area contributed by atoms with Crippen LogP contribution in [0.3, 0.4) is 0 Å². The number of nitrogens with two attached hydrogens (primary N) is 1. The largest absolute Gasteiger partial charge is 0.343 e. The molecule has 0 aliphatic heterocycles. The number of hydrogen-bond acceptors (Lipinski definition) is 2. The molecule has 2 heterocycles. The van der Waals surface area contributed by atoms with Crippen LogP contribution in [-0.2, 0) is 26.3 Å². The number of hydrogen-bond donors (Lipinski definition) is 1. The second-order valence-electron chi connectivity index (χ2n) is 7.06. The van der Waals surface area contributed by atoms with Gasteiger partial charge in [-0.25, -0.2) is 0 Å². The van der Waals surface area contributed by atoms with Crippen LogP contribution in [0.15, 0.2) is 30.3 Å². The van der Waals surface area contributed by atoms with Crippen LogP contribution in [0.4, 0.5) is 0 Å². The van der Waals surface area contributed by atoms with Gasteiger partial charge in [0, 0.05) is 39.3 Å². The second-order valence-corrected chi connectivity index (χ2v) is 8.29. The first-order valence-electron chi connectivity index (χ1n) is 8.50. The molecule has 2 aromatic heterocycles. The van der Waals surface area contributed by atoms with Gasteiger partial charge in [-0.15, -0.1) is 11.3 Å². The highest BCUT2D eigenvalue weighted by Crippen LogP contribution is 2.43. The Hall–Kier alpha value is -1.58. The molecule has 0 spiro atoms. The minimum Gasteiger partial charge on any atom is -0.343 e. The maximum atomic E-state index is 6.29. The third-order valence-electron chi connectivity index (χ3n) is 5.22. The van der Waals surface area contributed by atoms with Crippen LogP contribution in [0.25, 0.3) is 22.2 Å². The smallest absolute Gasteiger partial charge is 0.0532 e. The van der Waals surface area contributed by atoms with Gasteiger partial charge in [0.15, 0.2) is 0 Å². The molecule has 0 fully saturated rings. The molecule has 1 aromatic carbocycles. The first-order chi connectivity index (χ1) is 11.1. The normalized spacial score (nSPS) is 15.0. The van der Waals surface area contributed by atoms with E-state index < -0.39 is 0 Å². The minimum absolute atomic E-state index is 0.252. The van der Waals surface area contributed by atoms with E-state index in [2.05, 4.69) is 55.8 Å². The van der Waals surface area contributed by atoms with Gasteiger partial charge in [-0.1, -0.05) is 32.0 Å². The number of fused-ring (bicyclic) bond motifs is 5. The zero-order chi connectivity index (χ0) is 16.1. The lowest BCUT2D eigenvalue weighted by molar-refractivity contribution is 0.493. The van der Waals surface area contributed by atoms with E-state index in [4.69, 9.17) is 5.73 Å². The average molecular weight is 324 g/mol. The van der Waals surface area contributed by atoms with Gasteiger partial charge in [-0.3, -0.25) is 0 Å². The highest BCUT2D eigenvalue weighted by Gasteiger charge is 2.25. The van der Waals surface area contributed by atoms with E-state index in [1.807, 2.05) is 11.3 Å². The van der Waals surface area contributed by atoms with Crippen LogP contribution in [0, 0.1) is 5.92 Å². The molecule has 1 unspecified atom stereocenters. The molecule has 1 aliphatic rings. The Kier molecular flexibility index (Phi) is 3.58. The predicted molar refractivity (Wildman–Crippen MR) is 100 cm³/mol. The number of aromatic nitrogens is 1. The van der Waals surface area contributed by atoms with E-state index in [1.165, 1.54) is 37.5 Å². The quantitative estimate of drug-likeness (QED) is 0.754. The number of benzene rings is 1. The highest BCUT2D eigenvalue weighted by molar-refractivity contribution is 7.12. The monoisotopic (exact) mass is 324 g/mol. The Morgan fingerprint density at radius 3 is 2.78 bits per heavy atom. The summed E-state index contributed by atoms with van der Waals surface area (Å²) in [6.45, 7) is 4.42. The molecule has 0 saturated carbocycles. The van der Waals surface area contributed by atoms with Gasteiger partial charge in [0.05, 0.1) is 5.69 Å². The molecule has 23 heavy (non-hydrogen) atoms. The maximum Gasteiger partial charge on any atom is 0.0532 e. The van der Waals surface area contributed by atoms with Crippen molar-refractivity contribution in [3.05, 3.63) is 45.6 Å². The Balaban J connectivity index is 1.82. The fourth-order valence-corrected chi connectivity index (χ4v) is 4.98. The Bertz CT molecular complexity index is 869. The van der Waals surface area contributed by atoms with Crippen molar-refractivity contribution in [3.8, 4) is 11.3 Å². The first kappa shape index (κ1) is 15.0. The zero-order valence-corrected chi connectivity index (χ0v) is 14.9. The lowest BCUT2D eigenvalue weighted by Gasteiger charge is -2.14. The lowest BCUT2D eigenvalue weighted by Crippen LogP contribution is -2.28. The molecule has 0 amide bonds. The lowest BCUT2D eigenvalue weighted by atomic mass is 9.94. The van der Waals surface area contributed by atoms with E-state index >= 15 is 0 Å².